The number of carbonyl (C=O) groups excluding carboxylic acids is 1. The molecule has 29 heavy (non-hydrogen) atoms. The molecule has 2 aromatic carbocycles. The Kier molecular flexibility index (Phi) is 4.91. The smallest absolute Gasteiger partial charge is 0.271 e. The Morgan fingerprint density at radius 3 is 2.72 bits per heavy atom. The van der Waals surface area contributed by atoms with Gasteiger partial charge in [0.05, 0.1) is 19.9 Å². The Morgan fingerprint density at radius 1 is 1.21 bits per heavy atom. The molecule has 0 unspecified atom stereocenters. The van der Waals surface area contributed by atoms with Gasteiger partial charge < -0.3 is 14.5 Å². The molecule has 0 radical (unpaired) electrons. The lowest BCUT2D eigenvalue weighted by atomic mass is 9.95. The zero-order valence-electron chi connectivity index (χ0n) is 15.5. The van der Waals surface area contributed by atoms with E-state index in [-0.39, 0.29) is 17.9 Å². The number of nitrogens with one attached hydrogen (secondary N) is 1. The highest BCUT2D eigenvalue weighted by atomic mass is 16.5. The van der Waals surface area contributed by atoms with Crippen LogP contribution in [0, 0.1) is 11.3 Å². The SMILES string of the molecule is COc1ccc2c(C(=O)NCc3ncco3)nc(C#N)c(-c3ccccc3)c2c1. The molecule has 0 aliphatic rings. The summed E-state index contributed by atoms with van der Waals surface area (Å²) < 4.78 is 10.5. The van der Waals surface area contributed by atoms with Crippen LogP contribution in [0.1, 0.15) is 22.1 Å². The standard InChI is InChI=1S/C22H16N4O3/c1-28-15-7-8-16-17(11-15)20(14-5-3-2-4-6-14)18(12-23)26-21(16)22(27)25-13-19-24-9-10-29-19/h2-11H,13H2,1H3,(H,25,27). The highest BCUT2D eigenvalue weighted by Crippen LogP contribution is 2.34. The molecule has 2 heterocycles. The second-order valence-electron chi connectivity index (χ2n) is 6.18. The zero-order valence-corrected chi connectivity index (χ0v) is 15.5. The van der Waals surface area contributed by atoms with Gasteiger partial charge in [-0.15, -0.1) is 0 Å². The summed E-state index contributed by atoms with van der Waals surface area (Å²) in [6.07, 6.45) is 2.94. The van der Waals surface area contributed by atoms with Gasteiger partial charge in [0.15, 0.2) is 0 Å². The molecule has 0 aliphatic heterocycles. The molecule has 0 saturated heterocycles. The van der Waals surface area contributed by atoms with Crippen LogP contribution < -0.4 is 10.1 Å². The minimum atomic E-state index is -0.422. The zero-order chi connectivity index (χ0) is 20.2. The maximum absolute atomic E-state index is 12.8. The fourth-order valence-electron chi connectivity index (χ4n) is 3.15. The monoisotopic (exact) mass is 384 g/mol. The number of hydrogen-bond donors (Lipinski definition) is 1. The average Bonchev–Trinajstić information content (AvgIpc) is 3.30. The highest BCUT2D eigenvalue weighted by Gasteiger charge is 2.20. The van der Waals surface area contributed by atoms with E-state index in [0.29, 0.717) is 28.0 Å². The van der Waals surface area contributed by atoms with Gasteiger partial charge in [0, 0.05) is 10.9 Å². The van der Waals surface area contributed by atoms with Crippen molar-refractivity contribution in [2.45, 2.75) is 6.54 Å². The van der Waals surface area contributed by atoms with Crippen LogP contribution in [0.3, 0.4) is 0 Å². The average molecular weight is 384 g/mol. The quantitative estimate of drug-likeness (QED) is 0.563. The van der Waals surface area contributed by atoms with Crippen LogP contribution >= 0.6 is 0 Å². The van der Waals surface area contributed by atoms with E-state index in [2.05, 4.69) is 21.4 Å². The van der Waals surface area contributed by atoms with Crippen LogP contribution in [0.25, 0.3) is 21.9 Å². The summed E-state index contributed by atoms with van der Waals surface area (Å²) in [5, 5.41) is 13.8. The van der Waals surface area contributed by atoms with Crippen LogP contribution in [0.2, 0.25) is 0 Å². The summed E-state index contributed by atoms with van der Waals surface area (Å²) in [7, 11) is 1.57. The number of ether oxygens (including phenoxy) is 1. The van der Waals surface area contributed by atoms with E-state index in [1.54, 1.807) is 19.2 Å². The van der Waals surface area contributed by atoms with Gasteiger partial charge in [0.2, 0.25) is 5.89 Å². The molecule has 7 heteroatoms. The number of carbonyl (C=O) groups is 1. The number of fused-ring (bicyclic) bond motifs is 1. The summed E-state index contributed by atoms with van der Waals surface area (Å²) >= 11 is 0. The lowest BCUT2D eigenvalue weighted by Crippen LogP contribution is -2.24. The largest absolute Gasteiger partial charge is 0.497 e. The second-order valence-corrected chi connectivity index (χ2v) is 6.18. The topological polar surface area (TPSA) is 101 Å². The molecule has 4 rings (SSSR count). The number of aromatic nitrogens is 2. The van der Waals surface area contributed by atoms with Crippen molar-refractivity contribution in [1.82, 2.24) is 15.3 Å². The third-order valence-corrected chi connectivity index (χ3v) is 4.48. The van der Waals surface area contributed by atoms with E-state index in [0.717, 1.165) is 5.56 Å². The van der Waals surface area contributed by atoms with Gasteiger partial charge in [-0.3, -0.25) is 4.79 Å². The first-order valence-corrected chi connectivity index (χ1v) is 8.85. The van der Waals surface area contributed by atoms with Crippen LogP contribution in [0.5, 0.6) is 5.75 Å². The number of hydrogen-bond acceptors (Lipinski definition) is 6. The Bertz CT molecular complexity index is 1210. The third-order valence-electron chi connectivity index (χ3n) is 4.48. The normalized spacial score (nSPS) is 10.5. The van der Waals surface area contributed by atoms with Crippen molar-refractivity contribution in [1.29, 1.82) is 5.26 Å². The minimum absolute atomic E-state index is 0.119. The number of nitrogens with zero attached hydrogens (tertiary/aromatic N) is 3. The van der Waals surface area contributed by atoms with E-state index < -0.39 is 5.91 Å². The fraction of sp³-hybridized carbons (Fsp3) is 0.0909. The maximum Gasteiger partial charge on any atom is 0.271 e. The molecule has 1 N–H and O–H groups in total. The molecule has 0 atom stereocenters. The molecular weight excluding hydrogens is 368 g/mol. The third kappa shape index (κ3) is 3.51. The van der Waals surface area contributed by atoms with E-state index in [4.69, 9.17) is 9.15 Å². The number of oxazole rings is 1. The molecule has 0 aliphatic carbocycles. The summed E-state index contributed by atoms with van der Waals surface area (Å²) in [5.74, 6) is 0.580. The van der Waals surface area contributed by atoms with Crippen molar-refractivity contribution in [3.05, 3.63) is 78.3 Å². The van der Waals surface area contributed by atoms with Crippen LogP contribution in [0.15, 0.2) is 65.4 Å². The number of pyridine rings is 1. The lowest BCUT2D eigenvalue weighted by molar-refractivity contribution is 0.0944. The lowest BCUT2D eigenvalue weighted by Gasteiger charge is -2.14. The maximum atomic E-state index is 12.8. The molecule has 0 spiro atoms. The Labute approximate surface area is 166 Å². The highest BCUT2D eigenvalue weighted by molar-refractivity contribution is 6.10. The van der Waals surface area contributed by atoms with Crippen molar-refractivity contribution in [3.8, 4) is 22.9 Å². The molecule has 2 aromatic heterocycles. The van der Waals surface area contributed by atoms with Crippen LogP contribution in [-0.4, -0.2) is 23.0 Å². The van der Waals surface area contributed by atoms with Gasteiger partial charge in [-0.2, -0.15) is 5.26 Å². The minimum Gasteiger partial charge on any atom is -0.497 e. The van der Waals surface area contributed by atoms with Gasteiger partial charge in [0.25, 0.3) is 5.91 Å². The van der Waals surface area contributed by atoms with Crippen molar-refractivity contribution in [3.63, 3.8) is 0 Å². The van der Waals surface area contributed by atoms with E-state index in [9.17, 15) is 10.1 Å². The molecule has 0 bridgehead atoms. The predicted octanol–water partition coefficient (Wildman–Crippen LogP) is 3.70. The van der Waals surface area contributed by atoms with E-state index in [1.165, 1.54) is 12.5 Å². The van der Waals surface area contributed by atoms with Gasteiger partial charge in [-0.25, -0.2) is 9.97 Å². The number of benzene rings is 2. The van der Waals surface area contributed by atoms with Gasteiger partial charge in [0.1, 0.15) is 29.5 Å². The number of rotatable bonds is 5. The second kappa shape index (κ2) is 7.82. The molecule has 4 aromatic rings. The summed E-state index contributed by atoms with van der Waals surface area (Å²) in [6, 6.07) is 16.9. The van der Waals surface area contributed by atoms with Crippen molar-refractivity contribution in [2.24, 2.45) is 0 Å². The molecule has 142 valence electrons. The van der Waals surface area contributed by atoms with E-state index in [1.807, 2.05) is 36.4 Å². The number of amides is 1. The Morgan fingerprint density at radius 2 is 2.03 bits per heavy atom. The first-order valence-electron chi connectivity index (χ1n) is 8.85. The number of methoxy groups -OCH3 is 1. The summed E-state index contributed by atoms with van der Waals surface area (Å²) in [4.78, 5) is 21.2. The van der Waals surface area contributed by atoms with Crippen LogP contribution in [0.4, 0.5) is 0 Å². The molecule has 1 amide bonds. The molecular formula is C22H16N4O3. The van der Waals surface area contributed by atoms with Crippen molar-refractivity contribution in [2.75, 3.05) is 7.11 Å². The summed E-state index contributed by atoms with van der Waals surface area (Å²) in [6.45, 7) is 0.119. The van der Waals surface area contributed by atoms with Gasteiger partial charge >= 0.3 is 0 Å². The van der Waals surface area contributed by atoms with E-state index >= 15 is 0 Å². The summed E-state index contributed by atoms with van der Waals surface area (Å²) in [5.41, 5.74) is 1.82. The van der Waals surface area contributed by atoms with Crippen molar-refractivity contribution < 1.29 is 13.9 Å². The number of nitriles is 1. The van der Waals surface area contributed by atoms with Crippen molar-refractivity contribution >= 4 is 16.7 Å². The molecule has 0 fully saturated rings. The Hall–Kier alpha value is -4.18. The Balaban J connectivity index is 1.88. The van der Waals surface area contributed by atoms with Gasteiger partial charge in [-0.05, 0) is 29.1 Å². The van der Waals surface area contributed by atoms with Gasteiger partial charge in [-0.1, -0.05) is 30.3 Å². The molecule has 0 saturated carbocycles. The molecule has 7 nitrogen and oxygen atoms in total. The fourth-order valence-corrected chi connectivity index (χ4v) is 3.15. The van der Waals surface area contributed by atoms with Crippen LogP contribution in [-0.2, 0) is 6.54 Å². The first-order chi connectivity index (χ1) is 14.2. The predicted molar refractivity (Wildman–Crippen MR) is 106 cm³/mol. The first kappa shape index (κ1) is 18.2.